The van der Waals surface area contributed by atoms with Crippen LogP contribution in [-0.4, -0.2) is 47.3 Å². The highest BCUT2D eigenvalue weighted by molar-refractivity contribution is 6.28. The number of benzene rings is 21. The monoisotopic (exact) mass is 1750 g/mol. The predicted octanol–water partition coefficient (Wildman–Crippen LogP) is 31.2. The topological polar surface area (TPSA) is 153 Å². The van der Waals surface area contributed by atoms with Crippen LogP contribution in [0.2, 0.25) is 0 Å². The van der Waals surface area contributed by atoms with E-state index in [0.717, 1.165) is 127 Å². The van der Waals surface area contributed by atoms with Gasteiger partial charge < -0.3 is 13.7 Å². The second-order valence-corrected chi connectivity index (χ2v) is 35.6. The van der Waals surface area contributed by atoms with Crippen LogP contribution < -0.4 is 0 Å². The molecule has 0 amide bonds. The molecule has 0 spiro atoms. The lowest BCUT2D eigenvalue weighted by Gasteiger charge is -2.12. The summed E-state index contributed by atoms with van der Waals surface area (Å²) in [6.45, 7) is 0. The molecule has 0 bridgehead atoms. The van der Waals surface area contributed by atoms with Crippen LogP contribution in [0.25, 0.3) is 263 Å². The number of para-hydroxylation sites is 9. The fraction of sp³-hybridized carbons (Fsp3) is 0. The molecule has 30 aromatic rings. The Kier molecular flexibility index (Phi) is 17.0. The van der Waals surface area contributed by atoms with E-state index in [1.807, 2.05) is 91.0 Å². The molecule has 0 aliphatic rings. The van der Waals surface area contributed by atoms with E-state index in [-0.39, 0.29) is 0 Å². The average molecular weight is 1760 g/mol. The predicted molar refractivity (Wildman–Crippen MR) is 568 cm³/mol. The molecule has 9 heterocycles. The molecule has 0 saturated heterocycles. The molecule has 0 fully saturated rings. The van der Waals surface area contributed by atoms with Crippen LogP contribution in [0.3, 0.4) is 0 Å². The van der Waals surface area contributed by atoms with Gasteiger partial charge in [0.05, 0.1) is 106 Å². The first-order valence-corrected chi connectivity index (χ1v) is 46.2. The van der Waals surface area contributed by atoms with Crippen LogP contribution in [-0.2, 0) is 0 Å². The molecule has 13 nitrogen and oxygen atoms in total. The van der Waals surface area contributed by atoms with E-state index in [1.165, 1.54) is 130 Å². The zero-order valence-corrected chi connectivity index (χ0v) is 73.8. The van der Waals surface area contributed by atoms with Crippen LogP contribution in [0.1, 0.15) is 16.8 Å². The number of rotatable bonds is 6. The molecule has 0 aliphatic heterocycles. The van der Waals surface area contributed by atoms with Gasteiger partial charge in [0.15, 0.2) is 5.69 Å². The van der Waals surface area contributed by atoms with E-state index < -0.39 is 0 Å². The molecular weight excluding hydrogens is 1680 g/mol. The number of pyridine rings is 2. The Hall–Kier alpha value is -19.4. The third kappa shape index (κ3) is 11.5. The molecule has 0 radical (unpaired) electrons. The van der Waals surface area contributed by atoms with E-state index in [0.29, 0.717) is 22.8 Å². The zero-order valence-electron chi connectivity index (χ0n) is 73.8. The lowest BCUT2D eigenvalue weighted by molar-refractivity contribution is 1.00. The number of fused-ring (bicyclic) bond motifs is 33. The Labute approximate surface area is 786 Å². The van der Waals surface area contributed by atoms with Crippen molar-refractivity contribution >= 4 is 228 Å². The van der Waals surface area contributed by atoms with Crippen molar-refractivity contribution in [2.75, 3.05) is 0 Å². The SMILES string of the molecule is N#Cc1cc(-n2c3ccccc3c3c4ccc(-n5c6ccccc6c6c7ccccc7ccc65)cc4ccc32)nc2ccccc12.N#Cc1cc(-n2c3ccccc3c3c4ccc(-n5c6ccccc6c6ccc7ccccc7c65)cc4ccc32)nc2ccccc12.N#Cc1nc(-n2c3ccccc3c3c4ccc(-n5c6ccccc6c6ccc7ccccc7c65)cc4ccc32)nc2ccccc12. The summed E-state index contributed by atoms with van der Waals surface area (Å²) in [5.41, 5.74) is 20.9. The standard InChI is InChI=1S/2C42H24N4.C41H23N5/c43-25-28-24-40(44-35-14-6-3-10-30(28)35)46-37-16-8-5-13-34(37)42-32-20-19-29(23-27(32)18-22-39(42)46)45-36-15-7-4-12-33(36)41-31-11-2-1-9-26(31)17-21-38(41)45;43-25-28-24-40(44-36-14-6-3-10-30(28)36)46-38-16-8-5-13-35(38)41-31-21-19-29(23-27(31)18-22-39(41)46)45-37-15-7-4-12-33(37)34-20-17-26-9-1-2-11-32(26)42(34)45;42-24-35-32-12-3-6-14-34(32)43-41(44-35)46-37-16-8-5-13-33(37)39-28-21-19-27(23-26(28)18-22-38(39)46)45-36-15-7-4-11-30(36)31-20-17-25-9-1-2-10-29(25)40(31)45/h2*1-24H;1-23H. The molecular formula is C125H71N13. The molecule has 0 unspecified atom stereocenters. The van der Waals surface area contributed by atoms with Crippen molar-refractivity contribution in [3.63, 3.8) is 0 Å². The quantitative estimate of drug-likeness (QED) is 0.161. The van der Waals surface area contributed by atoms with E-state index in [2.05, 4.69) is 385 Å². The Morgan fingerprint density at radius 1 is 0.174 bits per heavy atom. The minimum absolute atomic E-state index is 0.371. The van der Waals surface area contributed by atoms with Crippen molar-refractivity contribution in [1.29, 1.82) is 15.8 Å². The smallest absolute Gasteiger partial charge is 0.236 e. The maximum Gasteiger partial charge on any atom is 0.236 e. The Morgan fingerprint density at radius 3 is 0.870 bits per heavy atom. The van der Waals surface area contributed by atoms with E-state index >= 15 is 0 Å². The van der Waals surface area contributed by atoms with Crippen molar-refractivity contribution in [2.45, 2.75) is 0 Å². The van der Waals surface area contributed by atoms with Crippen LogP contribution in [0.15, 0.2) is 431 Å². The molecule has 13 heteroatoms. The van der Waals surface area contributed by atoms with Gasteiger partial charge in [0.25, 0.3) is 0 Å². The Balaban J connectivity index is 0.000000102. The summed E-state index contributed by atoms with van der Waals surface area (Å²) in [5.74, 6) is 1.99. The van der Waals surface area contributed by atoms with E-state index in [9.17, 15) is 15.8 Å². The normalized spacial score (nSPS) is 11.9. The third-order valence-electron chi connectivity index (χ3n) is 28.4. The maximum atomic E-state index is 10.0. The van der Waals surface area contributed by atoms with E-state index in [1.54, 1.807) is 0 Å². The van der Waals surface area contributed by atoms with E-state index in [4.69, 9.17) is 19.9 Å². The summed E-state index contributed by atoms with van der Waals surface area (Å²) in [4.78, 5) is 19.8. The minimum Gasteiger partial charge on any atom is -0.309 e. The zero-order chi connectivity index (χ0) is 91.1. The minimum atomic E-state index is 0.371. The number of nitriles is 3. The lowest BCUT2D eigenvalue weighted by atomic mass is 10.0. The van der Waals surface area contributed by atoms with Crippen molar-refractivity contribution in [1.82, 2.24) is 47.3 Å². The molecule has 636 valence electrons. The molecule has 9 aromatic heterocycles. The summed E-state index contributed by atoms with van der Waals surface area (Å²) in [6.07, 6.45) is 0. The highest BCUT2D eigenvalue weighted by atomic mass is 15.2. The summed E-state index contributed by atoms with van der Waals surface area (Å²) in [6, 6.07) is 159. The van der Waals surface area contributed by atoms with Gasteiger partial charge in [-0.25, -0.2) is 19.9 Å². The first-order valence-electron chi connectivity index (χ1n) is 46.2. The van der Waals surface area contributed by atoms with Crippen LogP contribution >= 0.6 is 0 Å². The summed E-state index contributed by atoms with van der Waals surface area (Å²) in [5, 5.41) is 61.5. The van der Waals surface area contributed by atoms with Gasteiger partial charge in [-0.2, -0.15) is 15.8 Å². The number of hydrogen-bond acceptors (Lipinski definition) is 7. The first kappa shape index (κ1) is 77.4. The fourth-order valence-corrected chi connectivity index (χ4v) is 22.5. The van der Waals surface area contributed by atoms with Gasteiger partial charge in [0.2, 0.25) is 5.95 Å². The largest absolute Gasteiger partial charge is 0.309 e. The highest BCUT2D eigenvalue weighted by Crippen LogP contribution is 2.47. The van der Waals surface area contributed by atoms with Crippen molar-refractivity contribution in [3.8, 4) is 52.9 Å². The molecule has 30 rings (SSSR count). The summed E-state index contributed by atoms with van der Waals surface area (Å²) >= 11 is 0. The van der Waals surface area contributed by atoms with Gasteiger partial charge in [-0.15, -0.1) is 0 Å². The van der Waals surface area contributed by atoms with Gasteiger partial charge in [-0.05, 0) is 187 Å². The molecule has 21 aromatic carbocycles. The third-order valence-corrected chi connectivity index (χ3v) is 28.4. The van der Waals surface area contributed by atoms with Gasteiger partial charge in [-0.3, -0.25) is 13.7 Å². The van der Waals surface area contributed by atoms with Crippen LogP contribution in [0, 0.1) is 34.0 Å². The fourth-order valence-electron chi connectivity index (χ4n) is 22.5. The summed E-state index contributed by atoms with van der Waals surface area (Å²) in [7, 11) is 0. The second-order valence-electron chi connectivity index (χ2n) is 35.6. The number of nitrogens with zero attached hydrogens (tertiary/aromatic N) is 13. The Morgan fingerprint density at radius 2 is 0.457 bits per heavy atom. The Bertz CT molecular complexity index is 10300. The van der Waals surface area contributed by atoms with Crippen molar-refractivity contribution in [2.24, 2.45) is 0 Å². The molecule has 138 heavy (non-hydrogen) atoms. The number of aromatic nitrogens is 10. The maximum absolute atomic E-state index is 10.0. The highest BCUT2D eigenvalue weighted by Gasteiger charge is 2.26. The van der Waals surface area contributed by atoms with Gasteiger partial charge in [-0.1, -0.05) is 297 Å². The lowest BCUT2D eigenvalue weighted by Crippen LogP contribution is -2.03. The average Bonchev–Trinajstić information content (AvgIpc) is 1.56. The second kappa shape index (κ2) is 30.3. The molecule has 0 aliphatic carbocycles. The van der Waals surface area contributed by atoms with Crippen molar-refractivity contribution in [3.05, 3.63) is 448 Å². The van der Waals surface area contributed by atoms with Gasteiger partial charge in [0.1, 0.15) is 17.7 Å². The van der Waals surface area contributed by atoms with Gasteiger partial charge >= 0.3 is 0 Å². The molecule has 0 saturated carbocycles. The first-order chi connectivity index (χ1) is 68.3. The van der Waals surface area contributed by atoms with Crippen LogP contribution in [0.4, 0.5) is 0 Å². The molecule has 0 N–H and O–H groups in total. The molecule has 0 atom stereocenters. The number of hydrogen-bond donors (Lipinski definition) is 0. The van der Waals surface area contributed by atoms with Crippen LogP contribution in [0.5, 0.6) is 0 Å². The van der Waals surface area contributed by atoms with Gasteiger partial charge in [0, 0.05) is 109 Å². The summed E-state index contributed by atoms with van der Waals surface area (Å²) < 4.78 is 13.7. The van der Waals surface area contributed by atoms with Crippen molar-refractivity contribution < 1.29 is 0 Å².